The van der Waals surface area contributed by atoms with Gasteiger partial charge >= 0.3 is 0 Å². The molecule has 2 unspecified atom stereocenters. The number of hydrogen-bond donors (Lipinski definition) is 1. The van der Waals surface area contributed by atoms with Crippen LogP contribution in [-0.2, 0) is 6.54 Å². The minimum atomic E-state index is 0.266. The Morgan fingerprint density at radius 3 is 2.47 bits per heavy atom. The zero-order valence-electron chi connectivity index (χ0n) is 11.3. The fourth-order valence-electron chi connectivity index (χ4n) is 1.83. The summed E-state index contributed by atoms with van der Waals surface area (Å²) in [6, 6.07) is 4.40. The van der Waals surface area contributed by atoms with Crippen molar-refractivity contribution < 1.29 is 0 Å². The van der Waals surface area contributed by atoms with Crippen LogP contribution in [0.2, 0.25) is 0 Å². The van der Waals surface area contributed by atoms with E-state index in [-0.39, 0.29) is 6.04 Å². The van der Waals surface area contributed by atoms with Gasteiger partial charge in [-0.1, -0.05) is 27.2 Å². The van der Waals surface area contributed by atoms with Crippen LogP contribution < -0.4 is 5.73 Å². The van der Waals surface area contributed by atoms with Gasteiger partial charge in [-0.25, -0.2) is 0 Å². The molecule has 3 nitrogen and oxygen atoms in total. The van der Waals surface area contributed by atoms with Crippen LogP contribution in [0.4, 0.5) is 0 Å². The average molecular weight is 235 g/mol. The van der Waals surface area contributed by atoms with Crippen LogP contribution in [0.15, 0.2) is 24.5 Å². The van der Waals surface area contributed by atoms with Gasteiger partial charge in [0, 0.05) is 31.5 Å². The SMILES string of the molecule is CCC(C)C(N)CN(CC)Cc1ccncc1. The first-order chi connectivity index (χ1) is 8.17. The summed E-state index contributed by atoms with van der Waals surface area (Å²) in [6.07, 6.45) is 4.84. The summed E-state index contributed by atoms with van der Waals surface area (Å²) in [5.41, 5.74) is 7.51. The van der Waals surface area contributed by atoms with E-state index in [1.165, 1.54) is 5.56 Å². The molecular weight excluding hydrogens is 210 g/mol. The van der Waals surface area contributed by atoms with E-state index in [2.05, 4.69) is 42.8 Å². The Labute approximate surface area is 105 Å². The van der Waals surface area contributed by atoms with Crippen LogP contribution >= 0.6 is 0 Å². The number of nitrogens with two attached hydrogens (primary N) is 1. The molecule has 0 fully saturated rings. The number of nitrogens with zero attached hydrogens (tertiary/aromatic N) is 2. The van der Waals surface area contributed by atoms with Crippen LogP contribution in [0.5, 0.6) is 0 Å². The minimum Gasteiger partial charge on any atom is -0.326 e. The highest BCUT2D eigenvalue weighted by Gasteiger charge is 2.14. The molecule has 0 spiro atoms. The van der Waals surface area contributed by atoms with Crippen molar-refractivity contribution in [1.29, 1.82) is 0 Å². The van der Waals surface area contributed by atoms with E-state index < -0.39 is 0 Å². The molecule has 17 heavy (non-hydrogen) atoms. The number of likely N-dealkylation sites (N-methyl/N-ethyl adjacent to an activating group) is 1. The maximum atomic E-state index is 6.20. The molecule has 1 rings (SSSR count). The second-order valence-electron chi connectivity index (χ2n) is 4.73. The quantitative estimate of drug-likeness (QED) is 0.788. The molecule has 2 atom stereocenters. The van der Waals surface area contributed by atoms with Crippen LogP contribution in [0, 0.1) is 5.92 Å². The molecule has 0 saturated carbocycles. The summed E-state index contributed by atoms with van der Waals surface area (Å²) < 4.78 is 0. The van der Waals surface area contributed by atoms with Gasteiger partial charge in [0.15, 0.2) is 0 Å². The summed E-state index contributed by atoms with van der Waals surface area (Å²) in [5, 5.41) is 0. The van der Waals surface area contributed by atoms with Crippen LogP contribution in [-0.4, -0.2) is 29.0 Å². The zero-order chi connectivity index (χ0) is 12.7. The van der Waals surface area contributed by atoms with Crippen molar-refractivity contribution in [1.82, 2.24) is 9.88 Å². The van der Waals surface area contributed by atoms with E-state index in [4.69, 9.17) is 5.73 Å². The van der Waals surface area contributed by atoms with E-state index in [9.17, 15) is 0 Å². The monoisotopic (exact) mass is 235 g/mol. The topological polar surface area (TPSA) is 42.1 Å². The number of rotatable bonds is 7. The van der Waals surface area contributed by atoms with Gasteiger partial charge in [0.1, 0.15) is 0 Å². The van der Waals surface area contributed by atoms with Crippen molar-refractivity contribution in [2.24, 2.45) is 11.7 Å². The highest BCUT2D eigenvalue weighted by molar-refractivity contribution is 5.09. The highest BCUT2D eigenvalue weighted by Crippen LogP contribution is 2.09. The molecule has 1 heterocycles. The number of hydrogen-bond acceptors (Lipinski definition) is 3. The normalized spacial score (nSPS) is 14.9. The standard InChI is InChI=1S/C14H25N3/c1-4-12(3)14(15)11-17(5-2)10-13-6-8-16-9-7-13/h6-9,12,14H,4-5,10-11,15H2,1-3H3. The number of pyridine rings is 1. The Bertz CT molecular complexity index is 300. The lowest BCUT2D eigenvalue weighted by molar-refractivity contribution is 0.234. The summed E-state index contributed by atoms with van der Waals surface area (Å²) in [4.78, 5) is 6.43. The molecule has 3 heteroatoms. The van der Waals surface area contributed by atoms with Crippen molar-refractivity contribution in [2.75, 3.05) is 13.1 Å². The summed E-state index contributed by atoms with van der Waals surface area (Å²) in [7, 11) is 0. The van der Waals surface area contributed by atoms with Crippen LogP contribution in [0.3, 0.4) is 0 Å². The van der Waals surface area contributed by atoms with Gasteiger partial charge in [0.25, 0.3) is 0 Å². The van der Waals surface area contributed by atoms with Gasteiger partial charge in [-0.15, -0.1) is 0 Å². The largest absolute Gasteiger partial charge is 0.326 e. The summed E-state index contributed by atoms with van der Waals surface area (Å²) in [5.74, 6) is 0.585. The molecule has 0 bridgehead atoms. The zero-order valence-corrected chi connectivity index (χ0v) is 11.3. The smallest absolute Gasteiger partial charge is 0.0271 e. The van der Waals surface area contributed by atoms with Gasteiger partial charge in [0.2, 0.25) is 0 Å². The molecule has 1 aromatic rings. The van der Waals surface area contributed by atoms with E-state index in [1.54, 1.807) is 0 Å². The van der Waals surface area contributed by atoms with Crippen molar-refractivity contribution in [3.05, 3.63) is 30.1 Å². The van der Waals surface area contributed by atoms with Crippen LogP contribution in [0.25, 0.3) is 0 Å². The van der Waals surface area contributed by atoms with Crippen LogP contribution in [0.1, 0.15) is 32.8 Å². The molecule has 0 aliphatic rings. The lowest BCUT2D eigenvalue weighted by Gasteiger charge is -2.27. The molecule has 0 aliphatic heterocycles. The first kappa shape index (κ1) is 14.1. The van der Waals surface area contributed by atoms with E-state index >= 15 is 0 Å². The van der Waals surface area contributed by atoms with Gasteiger partial charge in [-0.05, 0) is 30.2 Å². The van der Waals surface area contributed by atoms with Gasteiger partial charge in [-0.3, -0.25) is 9.88 Å². The maximum absolute atomic E-state index is 6.20. The lowest BCUT2D eigenvalue weighted by atomic mass is 9.99. The average Bonchev–Trinajstić information content (AvgIpc) is 2.38. The number of aromatic nitrogens is 1. The second-order valence-corrected chi connectivity index (χ2v) is 4.73. The fourth-order valence-corrected chi connectivity index (χ4v) is 1.83. The summed E-state index contributed by atoms with van der Waals surface area (Å²) in [6.45, 7) is 9.57. The molecule has 0 amide bonds. The molecule has 0 aromatic carbocycles. The maximum Gasteiger partial charge on any atom is 0.0271 e. The predicted molar refractivity (Wildman–Crippen MR) is 72.6 cm³/mol. The Balaban J connectivity index is 2.49. The third-order valence-corrected chi connectivity index (χ3v) is 3.45. The summed E-state index contributed by atoms with van der Waals surface area (Å²) >= 11 is 0. The fraction of sp³-hybridized carbons (Fsp3) is 0.643. The molecule has 96 valence electrons. The Morgan fingerprint density at radius 2 is 1.94 bits per heavy atom. The molecule has 1 aromatic heterocycles. The third kappa shape index (κ3) is 4.84. The van der Waals surface area contributed by atoms with Crippen molar-refractivity contribution in [3.63, 3.8) is 0 Å². The molecule has 2 N–H and O–H groups in total. The van der Waals surface area contributed by atoms with E-state index in [0.717, 1.165) is 26.1 Å². The van der Waals surface area contributed by atoms with Gasteiger partial charge < -0.3 is 5.73 Å². The molecule has 0 saturated heterocycles. The van der Waals surface area contributed by atoms with E-state index in [0.29, 0.717) is 5.92 Å². The first-order valence-electron chi connectivity index (χ1n) is 6.54. The van der Waals surface area contributed by atoms with Gasteiger partial charge in [-0.2, -0.15) is 0 Å². The lowest BCUT2D eigenvalue weighted by Crippen LogP contribution is -2.41. The molecule has 0 aliphatic carbocycles. The predicted octanol–water partition coefficient (Wildman–Crippen LogP) is 2.28. The van der Waals surface area contributed by atoms with Crippen molar-refractivity contribution in [3.8, 4) is 0 Å². The Morgan fingerprint density at radius 1 is 1.29 bits per heavy atom. The second kappa shape index (κ2) is 7.41. The van der Waals surface area contributed by atoms with Crippen molar-refractivity contribution in [2.45, 2.75) is 39.8 Å². The Hall–Kier alpha value is -0.930. The minimum absolute atomic E-state index is 0.266. The van der Waals surface area contributed by atoms with Crippen molar-refractivity contribution >= 4 is 0 Å². The first-order valence-corrected chi connectivity index (χ1v) is 6.54. The molecule has 0 radical (unpaired) electrons. The van der Waals surface area contributed by atoms with Gasteiger partial charge in [0.05, 0.1) is 0 Å². The van der Waals surface area contributed by atoms with E-state index in [1.807, 2.05) is 12.4 Å². The highest BCUT2D eigenvalue weighted by atomic mass is 15.1. The Kier molecular flexibility index (Phi) is 6.16. The third-order valence-electron chi connectivity index (χ3n) is 3.45. The molecular formula is C14H25N3.